The molecule has 1 fully saturated rings. The number of amides is 1. The van der Waals surface area contributed by atoms with Crippen LogP contribution in [0.2, 0.25) is 5.02 Å². The van der Waals surface area contributed by atoms with Gasteiger partial charge in [0, 0.05) is 31.2 Å². The number of halogens is 1. The predicted octanol–water partition coefficient (Wildman–Crippen LogP) is 1.73. The van der Waals surface area contributed by atoms with E-state index in [9.17, 15) is 9.59 Å². The van der Waals surface area contributed by atoms with Crippen molar-refractivity contribution in [2.75, 3.05) is 32.8 Å². The van der Waals surface area contributed by atoms with Crippen molar-refractivity contribution in [3.8, 4) is 5.75 Å². The van der Waals surface area contributed by atoms with E-state index in [-0.39, 0.29) is 12.5 Å². The highest BCUT2D eigenvalue weighted by molar-refractivity contribution is 6.30. The Morgan fingerprint density at radius 3 is 2.57 bits per heavy atom. The maximum absolute atomic E-state index is 12.2. The molecular formula is C16H21ClN2O4. The SMILES string of the molecule is CC(C(=O)O)N1CCCN(C(=O)COc2ccc(Cl)cc2)CC1. The summed E-state index contributed by atoms with van der Waals surface area (Å²) in [5, 5.41) is 9.69. The highest BCUT2D eigenvalue weighted by Gasteiger charge is 2.25. The quantitative estimate of drug-likeness (QED) is 0.884. The number of rotatable bonds is 5. The van der Waals surface area contributed by atoms with Crippen LogP contribution in [-0.4, -0.2) is 65.6 Å². The van der Waals surface area contributed by atoms with Crippen molar-refractivity contribution in [1.29, 1.82) is 0 Å². The number of nitrogens with zero attached hydrogens (tertiary/aromatic N) is 2. The van der Waals surface area contributed by atoms with Gasteiger partial charge in [0.05, 0.1) is 0 Å². The maximum atomic E-state index is 12.2. The second kappa shape index (κ2) is 8.17. The van der Waals surface area contributed by atoms with Crippen LogP contribution in [0.3, 0.4) is 0 Å². The first-order valence-electron chi connectivity index (χ1n) is 7.60. The largest absolute Gasteiger partial charge is 0.484 e. The van der Waals surface area contributed by atoms with E-state index < -0.39 is 12.0 Å². The molecule has 2 rings (SSSR count). The van der Waals surface area contributed by atoms with Gasteiger partial charge < -0.3 is 14.7 Å². The molecule has 1 saturated heterocycles. The van der Waals surface area contributed by atoms with Gasteiger partial charge in [0.1, 0.15) is 11.8 Å². The molecule has 1 aromatic carbocycles. The van der Waals surface area contributed by atoms with Gasteiger partial charge in [-0.1, -0.05) is 11.6 Å². The topological polar surface area (TPSA) is 70.1 Å². The van der Waals surface area contributed by atoms with E-state index in [1.807, 2.05) is 4.90 Å². The fourth-order valence-electron chi connectivity index (χ4n) is 2.50. The average molecular weight is 341 g/mol. The van der Waals surface area contributed by atoms with Crippen molar-refractivity contribution in [3.05, 3.63) is 29.3 Å². The molecule has 1 aliphatic rings. The third-order valence-corrected chi connectivity index (χ3v) is 4.22. The van der Waals surface area contributed by atoms with E-state index >= 15 is 0 Å². The summed E-state index contributed by atoms with van der Waals surface area (Å²) in [6.45, 7) is 4.00. The Morgan fingerprint density at radius 1 is 1.22 bits per heavy atom. The van der Waals surface area contributed by atoms with Gasteiger partial charge in [-0.05, 0) is 37.6 Å². The molecule has 1 unspecified atom stereocenters. The Labute approximate surface area is 140 Å². The van der Waals surface area contributed by atoms with Crippen LogP contribution < -0.4 is 4.74 Å². The first kappa shape index (κ1) is 17.6. The van der Waals surface area contributed by atoms with E-state index in [1.54, 1.807) is 36.1 Å². The number of carbonyl (C=O) groups excluding carboxylic acids is 1. The first-order chi connectivity index (χ1) is 11.0. The minimum absolute atomic E-state index is 0.0316. The molecule has 1 heterocycles. The minimum atomic E-state index is -0.837. The minimum Gasteiger partial charge on any atom is -0.484 e. The van der Waals surface area contributed by atoms with Crippen molar-refractivity contribution < 1.29 is 19.4 Å². The molecule has 0 radical (unpaired) electrons. The summed E-state index contributed by atoms with van der Waals surface area (Å²) in [5.41, 5.74) is 0. The van der Waals surface area contributed by atoms with Crippen molar-refractivity contribution in [3.63, 3.8) is 0 Å². The second-order valence-corrected chi connectivity index (χ2v) is 5.96. The maximum Gasteiger partial charge on any atom is 0.320 e. The summed E-state index contributed by atoms with van der Waals surface area (Å²) in [7, 11) is 0. The van der Waals surface area contributed by atoms with Gasteiger partial charge in [0.15, 0.2) is 6.61 Å². The van der Waals surface area contributed by atoms with E-state index in [0.717, 1.165) is 6.42 Å². The van der Waals surface area contributed by atoms with Gasteiger partial charge >= 0.3 is 5.97 Å². The zero-order valence-corrected chi connectivity index (χ0v) is 13.8. The van der Waals surface area contributed by atoms with Gasteiger partial charge in [-0.3, -0.25) is 14.5 Å². The third-order valence-electron chi connectivity index (χ3n) is 3.96. The van der Waals surface area contributed by atoms with Crippen LogP contribution in [0.1, 0.15) is 13.3 Å². The third kappa shape index (κ3) is 5.11. The molecule has 0 bridgehead atoms. The zero-order chi connectivity index (χ0) is 16.8. The Kier molecular flexibility index (Phi) is 6.24. The summed E-state index contributed by atoms with van der Waals surface area (Å²) in [5.74, 6) is -0.334. The van der Waals surface area contributed by atoms with E-state index in [2.05, 4.69) is 0 Å². The number of aliphatic carboxylic acids is 1. The Bertz CT molecular complexity index is 550. The molecule has 0 spiro atoms. The Balaban J connectivity index is 1.83. The number of benzene rings is 1. The summed E-state index contributed by atoms with van der Waals surface area (Å²) in [6, 6.07) is 6.31. The highest BCUT2D eigenvalue weighted by Crippen LogP contribution is 2.15. The molecule has 1 aliphatic heterocycles. The molecule has 1 N–H and O–H groups in total. The van der Waals surface area contributed by atoms with Gasteiger partial charge in [0.25, 0.3) is 5.91 Å². The van der Waals surface area contributed by atoms with Crippen molar-refractivity contribution >= 4 is 23.5 Å². The molecule has 23 heavy (non-hydrogen) atoms. The number of hydrogen-bond donors (Lipinski definition) is 1. The van der Waals surface area contributed by atoms with Crippen LogP contribution in [0.15, 0.2) is 24.3 Å². The van der Waals surface area contributed by atoms with E-state index in [1.165, 1.54) is 0 Å². The van der Waals surface area contributed by atoms with E-state index in [0.29, 0.717) is 37.0 Å². The molecule has 0 saturated carbocycles. The Morgan fingerprint density at radius 2 is 1.91 bits per heavy atom. The van der Waals surface area contributed by atoms with Crippen molar-refractivity contribution in [2.45, 2.75) is 19.4 Å². The molecule has 0 aromatic heterocycles. The van der Waals surface area contributed by atoms with Crippen LogP contribution in [0.25, 0.3) is 0 Å². The summed E-state index contributed by atoms with van der Waals surface area (Å²) in [6.07, 6.45) is 0.754. The van der Waals surface area contributed by atoms with Gasteiger partial charge in [0.2, 0.25) is 0 Å². The fraction of sp³-hybridized carbons (Fsp3) is 0.500. The molecule has 1 atom stereocenters. The normalized spacial score (nSPS) is 17.4. The van der Waals surface area contributed by atoms with E-state index in [4.69, 9.17) is 21.4 Å². The molecule has 1 amide bonds. The predicted molar refractivity (Wildman–Crippen MR) is 86.8 cm³/mol. The molecule has 6 nitrogen and oxygen atoms in total. The summed E-state index contributed by atoms with van der Waals surface area (Å²) >= 11 is 5.80. The number of ether oxygens (including phenoxy) is 1. The van der Waals surface area contributed by atoms with Crippen LogP contribution in [-0.2, 0) is 9.59 Å². The zero-order valence-electron chi connectivity index (χ0n) is 13.1. The number of carbonyl (C=O) groups is 2. The van der Waals surface area contributed by atoms with Crippen LogP contribution in [0.5, 0.6) is 5.75 Å². The monoisotopic (exact) mass is 340 g/mol. The number of hydrogen-bond acceptors (Lipinski definition) is 4. The molecule has 1 aromatic rings. The smallest absolute Gasteiger partial charge is 0.320 e. The lowest BCUT2D eigenvalue weighted by atomic mass is 10.2. The number of carboxylic acids is 1. The molecular weight excluding hydrogens is 320 g/mol. The lowest BCUT2D eigenvalue weighted by Crippen LogP contribution is -2.42. The standard InChI is InChI=1S/C16H21ClN2O4/c1-12(16(21)22)18-7-2-8-19(10-9-18)15(20)11-23-14-5-3-13(17)4-6-14/h3-6,12H,2,7-11H2,1H3,(H,21,22). The van der Waals surface area contributed by atoms with Crippen LogP contribution in [0.4, 0.5) is 0 Å². The van der Waals surface area contributed by atoms with Crippen LogP contribution >= 0.6 is 11.6 Å². The summed E-state index contributed by atoms with van der Waals surface area (Å²) < 4.78 is 5.47. The number of carboxylic acid groups (broad SMARTS) is 1. The Hall–Kier alpha value is -1.79. The highest BCUT2D eigenvalue weighted by atomic mass is 35.5. The molecule has 7 heteroatoms. The van der Waals surface area contributed by atoms with Gasteiger partial charge in [-0.15, -0.1) is 0 Å². The first-order valence-corrected chi connectivity index (χ1v) is 7.98. The van der Waals surface area contributed by atoms with Crippen LogP contribution in [0, 0.1) is 0 Å². The van der Waals surface area contributed by atoms with Gasteiger partial charge in [-0.2, -0.15) is 0 Å². The molecule has 0 aliphatic carbocycles. The fourth-order valence-corrected chi connectivity index (χ4v) is 2.62. The molecule has 126 valence electrons. The van der Waals surface area contributed by atoms with Gasteiger partial charge in [-0.25, -0.2) is 0 Å². The average Bonchev–Trinajstić information content (AvgIpc) is 2.79. The van der Waals surface area contributed by atoms with Crippen molar-refractivity contribution in [1.82, 2.24) is 9.80 Å². The summed E-state index contributed by atoms with van der Waals surface area (Å²) in [4.78, 5) is 26.9. The lowest BCUT2D eigenvalue weighted by Gasteiger charge is -2.24. The van der Waals surface area contributed by atoms with Crippen molar-refractivity contribution in [2.24, 2.45) is 0 Å². The second-order valence-electron chi connectivity index (χ2n) is 5.53. The lowest BCUT2D eigenvalue weighted by molar-refractivity contribution is -0.142.